The van der Waals surface area contributed by atoms with E-state index < -0.39 is 9.84 Å². The van der Waals surface area contributed by atoms with Crippen LogP contribution in [0.15, 0.2) is 10.9 Å². The van der Waals surface area contributed by atoms with Crippen molar-refractivity contribution >= 4 is 25.8 Å². The Kier molecular flexibility index (Phi) is 3.71. The van der Waals surface area contributed by atoms with E-state index in [9.17, 15) is 8.42 Å². The summed E-state index contributed by atoms with van der Waals surface area (Å²) >= 11 is 3.26. The highest BCUT2D eigenvalue weighted by Crippen LogP contribution is 2.12. The summed E-state index contributed by atoms with van der Waals surface area (Å²) in [4.78, 5) is 4.12. The van der Waals surface area contributed by atoms with Crippen molar-refractivity contribution in [3.05, 3.63) is 16.6 Å². The molecule has 0 spiro atoms. The van der Waals surface area contributed by atoms with Gasteiger partial charge in [0.2, 0.25) is 0 Å². The van der Waals surface area contributed by atoms with Crippen LogP contribution in [0.3, 0.4) is 0 Å². The van der Waals surface area contributed by atoms with E-state index in [1.807, 2.05) is 11.5 Å². The topological polar surface area (TPSA) is 52.0 Å². The maximum absolute atomic E-state index is 11.3. The number of rotatable bonds is 4. The van der Waals surface area contributed by atoms with Crippen molar-refractivity contribution in [3.63, 3.8) is 0 Å². The van der Waals surface area contributed by atoms with Crippen molar-refractivity contribution in [3.8, 4) is 0 Å². The van der Waals surface area contributed by atoms with Gasteiger partial charge in [0.1, 0.15) is 0 Å². The number of sulfone groups is 1. The summed E-state index contributed by atoms with van der Waals surface area (Å²) in [5, 5.41) is 0. The Hall–Kier alpha value is -0.360. The first kappa shape index (κ1) is 11.7. The first-order chi connectivity index (χ1) is 6.48. The van der Waals surface area contributed by atoms with Crippen LogP contribution in [0.25, 0.3) is 0 Å². The molecule has 1 rings (SSSR count). The van der Waals surface area contributed by atoms with Gasteiger partial charge in [0.25, 0.3) is 0 Å². The number of aryl methyl sites for hydroxylation is 1. The first-order valence-electron chi connectivity index (χ1n) is 4.40. The second-order valence-electron chi connectivity index (χ2n) is 2.96. The number of hydrogen-bond acceptors (Lipinski definition) is 3. The summed E-state index contributed by atoms with van der Waals surface area (Å²) in [5.41, 5.74) is 0.598. The summed E-state index contributed by atoms with van der Waals surface area (Å²) in [6.45, 7) is 4.39. The molecule has 0 fully saturated rings. The fourth-order valence-electron chi connectivity index (χ4n) is 1.06. The van der Waals surface area contributed by atoms with Gasteiger partial charge in [-0.25, -0.2) is 13.4 Å². The summed E-state index contributed by atoms with van der Waals surface area (Å²) < 4.78 is 25.2. The number of hydrogen-bond donors (Lipinski definition) is 0. The molecule has 0 atom stereocenters. The quantitative estimate of drug-likeness (QED) is 0.842. The highest BCUT2D eigenvalue weighted by atomic mass is 79.9. The minimum absolute atomic E-state index is 0.0229. The second-order valence-corrected chi connectivity index (χ2v) is 6.03. The van der Waals surface area contributed by atoms with Crippen LogP contribution in [-0.4, -0.2) is 23.7 Å². The molecule has 1 heterocycles. The van der Waals surface area contributed by atoms with E-state index in [1.165, 1.54) is 0 Å². The van der Waals surface area contributed by atoms with Crippen LogP contribution in [0.2, 0.25) is 0 Å². The van der Waals surface area contributed by atoms with Crippen molar-refractivity contribution in [1.82, 2.24) is 9.55 Å². The Balaban J connectivity index is 2.88. The van der Waals surface area contributed by atoms with E-state index in [0.717, 1.165) is 6.54 Å². The Morgan fingerprint density at radius 3 is 2.57 bits per heavy atom. The summed E-state index contributed by atoms with van der Waals surface area (Å²) in [6, 6.07) is 0. The van der Waals surface area contributed by atoms with Crippen LogP contribution in [0.1, 0.15) is 19.5 Å². The Labute approximate surface area is 92.4 Å². The predicted octanol–water partition coefficient (Wildman–Crippen LogP) is 1.60. The third-order valence-corrected chi connectivity index (χ3v) is 4.17. The molecule has 0 aliphatic heterocycles. The Bertz CT molecular complexity index is 411. The molecule has 0 N–H and O–H groups in total. The monoisotopic (exact) mass is 280 g/mol. The third-order valence-electron chi connectivity index (χ3n) is 1.93. The van der Waals surface area contributed by atoms with Crippen molar-refractivity contribution < 1.29 is 8.42 Å². The van der Waals surface area contributed by atoms with Gasteiger partial charge in [-0.15, -0.1) is 0 Å². The molecule has 1 aromatic rings. The summed E-state index contributed by atoms with van der Waals surface area (Å²) in [6.07, 6.45) is 1.76. The molecule has 4 nitrogen and oxygen atoms in total. The van der Waals surface area contributed by atoms with Gasteiger partial charge in [-0.1, -0.05) is 6.92 Å². The molecular formula is C8H13BrN2O2S. The maximum atomic E-state index is 11.3. The van der Waals surface area contributed by atoms with Crippen LogP contribution in [0, 0.1) is 0 Å². The van der Waals surface area contributed by atoms with Gasteiger partial charge in [0.15, 0.2) is 14.6 Å². The lowest BCUT2D eigenvalue weighted by Gasteiger charge is -1.96. The molecule has 0 amide bonds. The molecule has 1 aromatic heterocycles. The van der Waals surface area contributed by atoms with Crippen LogP contribution in [-0.2, 0) is 22.1 Å². The first-order valence-corrected chi connectivity index (χ1v) is 7.02. The van der Waals surface area contributed by atoms with Gasteiger partial charge in [-0.2, -0.15) is 0 Å². The lowest BCUT2D eigenvalue weighted by Crippen LogP contribution is -2.06. The van der Waals surface area contributed by atoms with E-state index in [0.29, 0.717) is 10.4 Å². The molecule has 0 aliphatic carbocycles. The van der Waals surface area contributed by atoms with Crippen molar-refractivity contribution in [2.45, 2.75) is 26.1 Å². The van der Waals surface area contributed by atoms with Gasteiger partial charge < -0.3 is 4.57 Å². The lowest BCUT2D eigenvalue weighted by atomic mass is 10.5. The molecule has 0 saturated carbocycles. The van der Waals surface area contributed by atoms with E-state index >= 15 is 0 Å². The summed E-state index contributed by atoms with van der Waals surface area (Å²) in [7, 11) is -2.98. The Morgan fingerprint density at radius 1 is 1.50 bits per heavy atom. The molecule has 0 bridgehead atoms. The Morgan fingerprint density at radius 2 is 2.14 bits per heavy atom. The predicted molar refractivity (Wildman–Crippen MR) is 58.8 cm³/mol. The zero-order chi connectivity index (χ0) is 10.8. The molecule has 6 heteroatoms. The molecule has 0 aromatic carbocycles. The van der Waals surface area contributed by atoms with Crippen LogP contribution in [0.4, 0.5) is 0 Å². The van der Waals surface area contributed by atoms with E-state index in [4.69, 9.17) is 0 Å². The van der Waals surface area contributed by atoms with Gasteiger partial charge in [-0.3, -0.25) is 0 Å². The van der Waals surface area contributed by atoms with Gasteiger partial charge in [0.05, 0.1) is 11.4 Å². The van der Waals surface area contributed by atoms with Crippen LogP contribution >= 0.6 is 15.9 Å². The zero-order valence-corrected chi connectivity index (χ0v) is 10.6. The van der Waals surface area contributed by atoms with Crippen LogP contribution in [0.5, 0.6) is 0 Å². The normalized spacial score (nSPS) is 11.9. The lowest BCUT2D eigenvalue weighted by molar-refractivity contribution is 0.596. The van der Waals surface area contributed by atoms with Gasteiger partial charge in [0, 0.05) is 18.5 Å². The molecular weight excluding hydrogens is 268 g/mol. The molecule has 0 saturated heterocycles. The second kappa shape index (κ2) is 4.44. The fraction of sp³-hybridized carbons (Fsp3) is 0.625. The van der Waals surface area contributed by atoms with Gasteiger partial charge >= 0.3 is 0 Å². The molecule has 0 radical (unpaired) electrons. The van der Waals surface area contributed by atoms with Crippen molar-refractivity contribution in [1.29, 1.82) is 0 Å². The van der Waals surface area contributed by atoms with Crippen molar-refractivity contribution in [2.24, 2.45) is 0 Å². The minimum Gasteiger partial charge on any atom is -0.326 e. The number of imidazole rings is 1. The number of nitrogens with zero attached hydrogens (tertiary/aromatic N) is 2. The molecule has 0 aliphatic rings. The van der Waals surface area contributed by atoms with E-state index in [2.05, 4.69) is 20.9 Å². The SMILES string of the molecule is CCn1cc(CS(=O)(=O)CC)nc1Br. The largest absolute Gasteiger partial charge is 0.326 e. The standard InChI is InChI=1S/C8H13BrN2O2S/c1-3-11-5-7(10-8(11)9)6-14(12,13)4-2/h5H,3-4,6H2,1-2H3. The summed E-state index contributed by atoms with van der Waals surface area (Å²) in [5.74, 6) is 0.179. The molecule has 0 unspecified atom stereocenters. The van der Waals surface area contributed by atoms with E-state index in [1.54, 1.807) is 13.1 Å². The fourth-order valence-corrected chi connectivity index (χ4v) is 2.44. The van der Waals surface area contributed by atoms with Crippen molar-refractivity contribution in [2.75, 3.05) is 5.75 Å². The number of halogens is 1. The van der Waals surface area contributed by atoms with E-state index in [-0.39, 0.29) is 11.5 Å². The third kappa shape index (κ3) is 2.81. The van der Waals surface area contributed by atoms with Gasteiger partial charge in [-0.05, 0) is 22.9 Å². The highest BCUT2D eigenvalue weighted by molar-refractivity contribution is 9.10. The van der Waals surface area contributed by atoms with Crippen LogP contribution < -0.4 is 0 Å². The minimum atomic E-state index is -2.98. The average molecular weight is 281 g/mol. The maximum Gasteiger partial charge on any atom is 0.177 e. The molecule has 80 valence electrons. The average Bonchev–Trinajstić information content (AvgIpc) is 2.45. The number of aromatic nitrogens is 2. The zero-order valence-electron chi connectivity index (χ0n) is 8.20. The smallest absolute Gasteiger partial charge is 0.177 e. The molecule has 14 heavy (non-hydrogen) atoms. The highest BCUT2D eigenvalue weighted by Gasteiger charge is 2.12.